The number of hydrogen-bond donors (Lipinski definition) is 1. The van der Waals surface area contributed by atoms with E-state index in [1.807, 2.05) is 53.4 Å². The predicted molar refractivity (Wildman–Crippen MR) is 133 cm³/mol. The summed E-state index contributed by atoms with van der Waals surface area (Å²) in [7, 11) is 0. The predicted octanol–water partition coefficient (Wildman–Crippen LogP) is 3.58. The van der Waals surface area contributed by atoms with Gasteiger partial charge in [-0.2, -0.15) is 0 Å². The van der Waals surface area contributed by atoms with Gasteiger partial charge in [0.2, 0.25) is 11.9 Å². The summed E-state index contributed by atoms with van der Waals surface area (Å²) >= 11 is 6.24. The number of benzene rings is 1. The SMILES string of the molecule is O=C(Cc1ccccn1)N1CCN(c2nccc3nc(NCc4ccccc4Cl)ncc23)CC1. The molecule has 1 aromatic carbocycles. The molecule has 1 fully saturated rings. The largest absolute Gasteiger partial charge is 0.352 e. The minimum Gasteiger partial charge on any atom is -0.352 e. The van der Waals surface area contributed by atoms with Gasteiger partial charge in [-0.15, -0.1) is 0 Å². The van der Waals surface area contributed by atoms with Crippen molar-refractivity contribution >= 4 is 40.2 Å². The third-order valence-electron chi connectivity index (χ3n) is 5.87. The number of halogens is 1. The average Bonchev–Trinajstić information content (AvgIpc) is 2.88. The Balaban J connectivity index is 1.24. The number of nitrogens with zero attached hydrogens (tertiary/aromatic N) is 6. The van der Waals surface area contributed by atoms with Gasteiger partial charge in [-0.25, -0.2) is 15.0 Å². The molecular formula is C25H24ClN7O. The molecule has 0 bridgehead atoms. The summed E-state index contributed by atoms with van der Waals surface area (Å²) in [4.78, 5) is 34.8. The molecule has 1 aliphatic heterocycles. The highest BCUT2D eigenvalue weighted by Gasteiger charge is 2.23. The molecule has 0 spiro atoms. The molecular weight excluding hydrogens is 450 g/mol. The Morgan fingerprint density at radius 3 is 2.56 bits per heavy atom. The smallest absolute Gasteiger partial charge is 0.228 e. The van der Waals surface area contributed by atoms with E-state index in [9.17, 15) is 4.79 Å². The quantitative estimate of drug-likeness (QED) is 0.458. The van der Waals surface area contributed by atoms with E-state index >= 15 is 0 Å². The second-order valence-electron chi connectivity index (χ2n) is 8.07. The number of anilines is 2. The number of carbonyl (C=O) groups excluding carboxylic acids is 1. The van der Waals surface area contributed by atoms with Gasteiger partial charge >= 0.3 is 0 Å². The second-order valence-corrected chi connectivity index (χ2v) is 8.48. The van der Waals surface area contributed by atoms with Crippen LogP contribution < -0.4 is 10.2 Å². The van der Waals surface area contributed by atoms with Crippen LogP contribution in [0.25, 0.3) is 10.9 Å². The van der Waals surface area contributed by atoms with Crippen LogP contribution in [0.15, 0.2) is 67.1 Å². The molecule has 3 aromatic heterocycles. The van der Waals surface area contributed by atoms with Crippen molar-refractivity contribution in [3.63, 3.8) is 0 Å². The Morgan fingerprint density at radius 2 is 1.76 bits per heavy atom. The molecule has 5 rings (SSSR count). The molecule has 34 heavy (non-hydrogen) atoms. The molecule has 0 unspecified atom stereocenters. The zero-order chi connectivity index (χ0) is 23.3. The van der Waals surface area contributed by atoms with Crippen LogP contribution in [0.4, 0.5) is 11.8 Å². The van der Waals surface area contributed by atoms with Gasteiger partial charge in [0.05, 0.1) is 17.3 Å². The fourth-order valence-electron chi connectivity index (χ4n) is 4.03. The van der Waals surface area contributed by atoms with E-state index in [1.165, 1.54) is 0 Å². The number of nitrogens with one attached hydrogen (secondary N) is 1. The lowest BCUT2D eigenvalue weighted by Crippen LogP contribution is -2.49. The lowest BCUT2D eigenvalue weighted by Gasteiger charge is -2.35. The van der Waals surface area contributed by atoms with Crippen LogP contribution in [0.1, 0.15) is 11.3 Å². The van der Waals surface area contributed by atoms with Gasteiger partial charge in [0.1, 0.15) is 5.82 Å². The molecule has 0 saturated carbocycles. The molecule has 9 heteroatoms. The standard InChI is InChI=1S/C25H24ClN7O/c26-21-7-2-1-5-18(21)16-29-25-30-17-20-22(31-25)8-10-28-24(20)33-13-11-32(12-14-33)23(34)15-19-6-3-4-9-27-19/h1-10,17H,11-16H2,(H,29,30,31). The number of rotatable bonds is 6. The minimum atomic E-state index is 0.0989. The first kappa shape index (κ1) is 22.0. The zero-order valence-electron chi connectivity index (χ0n) is 18.6. The van der Waals surface area contributed by atoms with Crippen LogP contribution in [0.5, 0.6) is 0 Å². The third kappa shape index (κ3) is 4.92. The molecule has 4 aromatic rings. The Bertz CT molecular complexity index is 1290. The van der Waals surface area contributed by atoms with Gasteiger partial charge in [0, 0.05) is 62.0 Å². The number of pyridine rings is 2. The first-order valence-electron chi connectivity index (χ1n) is 11.2. The summed E-state index contributed by atoms with van der Waals surface area (Å²) in [5, 5.41) is 4.84. The van der Waals surface area contributed by atoms with Crippen molar-refractivity contribution in [2.45, 2.75) is 13.0 Å². The summed E-state index contributed by atoms with van der Waals surface area (Å²) in [5.74, 6) is 1.48. The maximum atomic E-state index is 12.7. The number of carbonyl (C=O) groups is 1. The van der Waals surface area contributed by atoms with Crippen molar-refractivity contribution in [1.82, 2.24) is 24.8 Å². The van der Waals surface area contributed by atoms with Crippen molar-refractivity contribution in [3.05, 3.63) is 83.4 Å². The van der Waals surface area contributed by atoms with Crippen LogP contribution >= 0.6 is 11.6 Å². The van der Waals surface area contributed by atoms with Gasteiger partial charge < -0.3 is 15.1 Å². The van der Waals surface area contributed by atoms with Crippen molar-refractivity contribution < 1.29 is 4.79 Å². The first-order chi connectivity index (χ1) is 16.7. The van der Waals surface area contributed by atoms with Gasteiger partial charge in [-0.1, -0.05) is 35.9 Å². The van der Waals surface area contributed by atoms with E-state index in [2.05, 4.69) is 30.2 Å². The van der Waals surface area contributed by atoms with Crippen LogP contribution in [0.2, 0.25) is 5.02 Å². The number of fused-ring (bicyclic) bond motifs is 1. The monoisotopic (exact) mass is 473 g/mol. The molecule has 1 saturated heterocycles. The van der Waals surface area contributed by atoms with Crippen LogP contribution in [0, 0.1) is 0 Å². The maximum absolute atomic E-state index is 12.7. The lowest BCUT2D eigenvalue weighted by molar-refractivity contribution is -0.130. The normalized spacial score (nSPS) is 13.8. The molecule has 1 amide bonds. The Kier molecular flexibility index (Phi) is 6.49. The molecule has 0 atom stereocenters. The lowest BCUT2D eigenvalue weighted by atomic mass is 10.2. The van der Waals surface area contributed by atoms with Crippen molar-refractivity contribution in [1.29, 1.82) is 0 Å². The number of amides is 1. The van der Waals surface area contributed by atoms with E-state index in [1.54, 1.807) is 18.6 Å². The van der Waals surface area contributed by atoms with Crippen LogP contribution in [-0.4, -0.2) is 56.9 Å². The Labute approximate surface area is 202 Å². The number of hydrogen-bond acceptors (Lipinski definition) is 7. The average molecular weight is 474 g/mol. The van der Waals surface area contributed by atoms with E-state index in [-0.39, 0.29) is 5.91 Å². The van der Waals surface area contributed by atoms with Gasteiger partial charge in [0.15, 0.2) is 0 Å². The number of aromatic nitrogens is 4. The Morgan fingerprint density at radius 1 is 0.941 bits per heavy atom. The van der Waals surface area contributed by atoms with E-state index in [0.29, 0.717) is 50.1 Å². The van der Waals surface area contributed by atoms with Crippen LogP contribution in [0.3, 0.4) is 0 Å². The zero-order valence-corrected chi connectivity index (χ0v) is 19.3. The fourth-order valence-corrected chi connectivity index (χ4v) is 4.24. The Hall–Kier alpha value is -3.78. The summed E-state index contributed by atoms with van der Waals surface area (Å²) in [6, 6.07) is 15.2. The summed E-state index contributed by atoms with van der Waals surface area (Å²) in [6.45, 7) is 3.22. The molecule has 8 nitrogen and oxygen atoms in total. The molecule has 0 radical (unpaired) electrons. The van der Waals surface area contributed by atoms with Crippen LogP contribution in [-0.2, 0) is 17.8 Å². The van der Waals surface area contributed by atoms with E-state index < -0.39 is 0 Å². The van der Waals surface area contributed by atoms with Gasteiger partial charge in [-0.05, 0) is 29.8 Å². The summed E-state index contributed by atoms with van der Waals surface area (Å²) in [6.07, 6.45) is 5.61. The second kappa shape index (κ2) is 10.0. The third-order valence-corrected chi connectivity index (χ3v) is 6.24. The maximum Gasteiger partial charge on any atom is 0.228 e. The highest BCUT2D eigenvalue weighted by Crippen LogP contribution is 2.25. The topological polar surface area (TPSA) is 87.1 Å². The fraction of sp³-hybridized carbons (Fsp3) is 0.240. The van der Waals surface area contributed by atoms with E-state index in [0.717, 1.165) is 28.0 Å². The summed E-state index contributed by atoms with van der Waals surface area (Å²) < 4.78 is 0. The summed E-state index contributed by atoms with van der Waals surface area (Å²) in [5.41, 5.74) is 2.59. The first-order valence-corrected chi connectivity index (χ1v) is 11.6. The number of piperazine rings is 1. The van der Waals surface area contributed by atoms with E-state index in [4.69, 9.17) is 11.6 Å². The minimum absolute atomic E-state index is 0.0989. The molecule has 1 aliphatic rings. The molecule has 1 N–H and O–H groups in total. The highest BCUT2D eigenvalue weighted by atomic mass is 35.5. The molecule has 4 heterocycles. The van der Waals surface area contributed by atoms with Crippen molar-refractivity contribution in [3.8, 4) is 0 Å². The van der Waals surface area contributed by atoms with Crippen molar-refractivity contribution in [2.24, 2.45) is 0 Å². The van der Waals surface area contributed by atoms with Gasteiger partial charge in [0.25, 0.3) is 0 Å². The van der Waals surface area contributed by atoms with Gasteiger partial charge in [-0.3, -0.25) is 9.78 Å². The highest BCUT2D eigenvalue weighted by molar-refractivity contribution is 6.31. The molecule has 0 aliphatic carbocycles. The van der Waals surface area contributed by atoms with Crippen molar-refractivity contribution in [2.75, 3.05) is 36.4 Å². The molecule has 172 valence electrons.